The van der Waals surface area contributed by atoms with Crippen LogP contribution < -0.4 is 5.73 Å². The fourth-order valence-electron chi connectivity index (χ4n) is 3.67. The van der Waals surface area contributed by atoms with Crippen molar-refractivity contribution in [3.8, 4) is 11.3 Å². The average molecular weight is 379 g/mol. The summed E-state index contributed by atoms with van der Waals surface area (Å²) in [4.78, 5) is 28.5. The normalized spacial score (nSPS) is 17.6. The third kappa shape index (κ3) is 2.64. The Balaban J connectivity index is 1.58. The second-order valence-electron chi connectivity index (χ2n) is 6.68. The first-order valence-electron chi connectivity index (χ1n) is 8.84. The minimum absolute atomic E-state index is 0.0197. The Bertz CT molecular complexity index is 1150. The molecule has 1 aliphatic rings. The lowest BCUT2D eigenvalue weighted by Crippen LogP contribution is -2.31. The maximum Gasteiger partial charge on any atom is 0.210 e. The van der Waals surface area contributed by atoms with Gasteiger partial charge in [-0.1, -0.05) is 6.07 Å². The van der Waals surface area contributed by atoms with Crippen LogP contribution >= 0.6 is 11.3 Å². The van der Waals surface area contributed by atoms with Gasteiger partial charge >= 0.3 is 0 Å². The van der Waals surface area contributed by atoms with E-state index in [0.717, 1.165) is 58.7 Å². The maximum atomic E-state index is 11.4. The van der Waals surface area contributed by atoms with E-state index in [1.807, 2.05) is 23.1 Å². The molecule has 1 saturated heterocycles. The van der Waals surface area contributed by atoms with E-state index in [1.165, 1.54) is 17.7 Å². The number of carbonyl (C=O) groups excluding carboxylic acids is 1. The van der Waals surface area contributed by atoms with Crippen LogP contribution in [0.4, 0.5) is 5.69 Å². The summed E-state index contributed by atoms with van der Waals surface area (Å²) in [5.41, 5.74) is 10.9. The van der Waals surface area contributed by atoms with Crippen molar-refractivity contribution in [2.24, 2.45) is 0 Å². The highest BCUT2D eigenvalue weighted by molar-refractivity contribution is 7.19. The van der Waals surface area contributed by atoms with E-state index in [2.05, 4.69) is 9.97 Å². The van der Waals surface area contributed by atoms with Crippen LogP contribution in [-0.4, -0.2) is 32.8 Å². The molecule has 2 N–H and O–H groups in total. The lowest BCUT2D eigenvalue weighted by Gasteiger charge is -2.32. The first-order valence-corrected chi connectivity index (χ1v) is 9.66. The molecular weight excluding hydrogens is 362 g/mol. The Morgan fingerprint density at radius 1 is 1.30 bits per heavy atom. The van der Waals surface area contributed by atoms with Crippen molar-refractivity contribution in [3.05, 3.63) is 35.7 Å². The lowest BCUT2D eigenvalue weighted by atomic mass is 10.0. The van der Waals surface area contributed by atoms with E-state index in [-0.39, 0.29) is 6.04 Å². The SMILES string of the molecule is Nc1c(C2CCCCN2C=O)sc2nc(-c3ccc4ncoc4c3)cnc12. The second-order valence-corrected chi connectivity index (χ2v) is 7.71. The molecule has 0 spiro atoms. The smallest absolute Gasteiger partial charge is 0.210 e. The predicted molar refractivity (Wildman–Crippen MR) is 104 cm³/mol. The molecule has 0 radical (unpaired) electrons. The maximum absolute atomic E-state index is 11.4. The van der Waals surface area contributed by atoms with Crippen molar-refractivity contribution in [1.82, 2.24) is 19.9 Å². The third-order valence-electron chi connectivity index (χ3n) is 5.08. The van der Waals surface area contributed by atoms with Gasteiger partial charge in [-0.3, -0.25) is 4.79 Å². The van der Waals surface area contributed by atoms with Crippen LogP contribution in [0.2, 0.25) is 0 Å². The van der Waals surface area contributed by atoms with Crippen molar-refractivity contribution in [2.75, 3.05) is 12.3 Å². The standard InChI is InChI=1S/C19H17N5O2S/c20-16-17-19(27-18(16)14-3-1-2-6-24(14)10-25)23-13(8-21-17)11-4-5-12-15(7-11)26-9-22-12/h4-5,7-10,14H,1-3,6,20H2. The van der Waals surface area contributed by atoms with E-state index < -0.39 is 0 Å². The van der Waals surface area contributed by atoms with Gasteiger partial charge in [-0.2, -0.15) is 0 Å². The molecule has 1 aliphatic heterocycles. The number of benzene rings is 1. The highest BCUT2D eigenvalue weighted by Gasteiger charge is 2.27. The Kier molecular flexibility index (Phi) is 3.78. The fraction of sp³-hybridized carbons (Fsp3) is 0.263. The number of nitrogens with zero attached hydrogens (tertiary/aromatic N) is 4. The number of thiophene rings is 1. The van der Waals surface area contributed by atoms with Crippen LogP contribution in [0.1, 0.15) is 30.2 Å². The highest BCUT2D eigenvalue weighted by Crippen LogP contribution is 2.41. The summed E-state index contributed by atoms with van der Waals surface area (Å²) in [6.45, 7) is 0.769. The van der Waals surface area contributed by atoms with Gasteiger partial charge in [0.25, 0.3) is 0 Å². The molecule has 0 bridgehead atoms. The van der Waals surface area contributed by atoms with Gasteiger partial charge in [-0.15, -0.1) is 11.3 Å². The van der Waals surface area contributed by atoms with Crippen molar-refractivity contribution in [1.29, 1.82) is 0 Å². The minimum Gasteiger partial charge on any atom is -0.443 e. The van der Waals surface area contributed by atoms with Crippen LogP contribution in [0.3, 0.4) is 0 Å². The molecule has 7 nitrogen and oxygen atoms in total. The summed E-state index contributed by atoms with van der Waals surface area (Å²) in [6.07, 6.45) is 7.12. The number of piperidine rings is 1. The molecule has 0 aliphatic carbocycles. The van der Waals surface area contributed by atoms with Crippen LogP contribution in [-0.2, 0) is 4.79 Å². The largest absolute Gasteiger partial charge is 0.443 e. The van der Waals surface area contributed by atoms with Crippen LogP contribution in [0.5, 0.6) is 0 Å². The molecule has 1 fully saturated rings. The number of oxazole rings is 1. The van der Waals surface area contributed by atoms with Gasteiger partial charge in [0.2, 0.25) is 6.41 Å². The summed E-state index contributed by atoms with van der Waals surface area (Å²) >= 11 is 1.53. The zero-order valence-electron chi connectivity index (χ0n) is 14.5. The fourth-order valence-corrected chi connectivity index (χ4v) is 4.87. The monoisotopic (exact) mass is 379 g/mol. The molecular formula is C19H17N5O2S. The Morgan fingerprint density at radius 3 is 3.11 bits per heavy atom. The Hall–Kier alpha value is -3.00. The van der Waals surface area contributed by atoms with E-state index in [4.69, 9.17) is 15.1 Å². The zero-order chi connectivity index (χ0) is 18.4. The molecule has 5 rings (SSSR count). The molecule has 136 valence electrons. The number of hydrogen-bond donors (Lipinski definition) is 1. The first kappa shape index (κ1) is 16.2. The molecule has 1 atom stereocenters. The van der Waals surface area contributed by atoms with E-state index in [1.54, 1.807) is 6.20 Å². The summed E-state index contributed by atoms with van der Waals surface area (Å²) in [7, 11) is 0. The molecule has 3 aromatic heterocycles. The van der Waals surface area contributed by atoms with Gasteiger partial charge in [0.15, 0.2) is 12.0 Å². The van der Waals surface area contributed by atoms with Gasteiger partial charge in [0.05, 0.1) is 28.5 Å². The number of rotatable bonds is 3. The van der Waals surface area contributed by atoms with E-state index in [9.17, 15) is 4.79 Å². The molecule has 1 unspecified atom stereocenters. The Morgan fingerprint density at radius 2 is 2.22 bits per heavy atom. The summed E-state index contributed by atoms with van der Waals surface area (Å²) in [5.74, 6) is 0. The lowest BCUT2D eigenvalue weighted by molar-refractivity contribution is -0.121. The molecule has 1 amide bonds. The molecule has 1 aromatic carbocycles. The average Bonchev–Trinajstić information content (AvgIpc) is 3.31. The van der Waals surface area contributed by atoms with Gasteiger partial charge < -0.3 is 15.1 Å². The van der Waals surface area contributed by atoms with Crippen LogP contribution in [0.25, 0.3) is 32.7 Å². The number of fused-ring (bicyclic) bond motifs is 2. The predicted octanol–water partition coefficient (Wildman–Crippen LogP) is 3.77. The minimum atomic E-state index is 0.0197. The van der Waals surface area contributed by atoms with Crippen molar-refractivity contribution < 1.29 is 9.21 Å². The Labute approximate surface area is 158 Å². The topological polar surface area (TPSA) is 98.1 Å². The van der Waals surface area contributed by atoms with Gasteiger partial charge in [-0.05, 0) is 31.4 Å². The van der Waals surface area contributed by atoms with Gasteiger partial charge in [0.1, 0.15) is 15.9 Å². The highest BCUT2D eigenvalue weighted by atomic mass is 32.1. The number of hydrogen-bond acceptors (Lipinski definition) is 7. The van der Waals surface area contributed by atoms with Crippen LogP contribution in [0.15, 0.2) is 35.2 Å². The number of aromatic nitrogens is 3. The van der Waals surface area contributed by atoms with E-state index >= 15 is 0 Å². The van der Waals surface area contributed by atoms with Gasteiger partial charge in [0, 0.05) is 12.1 Å². The number of nitrogen functional groups attached to an aromatic ring is 1. The van der Waals surface area contributed by atoms with Crippen LogP contribution in [0, 0.1) is 0 Å². The van der Waals surface area contributed by atoms with Crippen molar-refractivity contribution in [2.45, 2.75) is 25.3 Å². The third-order valence-corrected chi connectivity index (χ3v) is 6.27. The number of amides is 1. The zero-order valence-corrected chi connectivity index (χ0v) is 15.3. The molecule has 8 heteroatoms. The first-order chi connectivity index (χ1) is 13.2. The molecule has 0 saturated carbocycles. The number of nitrogens with two attached hydrogens (primary N) is 1. The number of carbonyl (C=O) groups is 1. The molecule has 4 aromatic rings. The second kappa shape index (κ2) is 6.31. The van der Waals surface area contributed by atoms with Crippen molar-refractivity contribution in [3.63, 3.8) is 0 Å². The summed E-state index contributed by atoms with van der Waals surface area (Å²) in [5, 5.41) is 0. The quantitative estimate of drug-likeness (QED) is 0.544. The van der Waals surface area contributed by atoms with Crippen molar-refractivity contribution >= 4 is 44.9 Å². The van der Waals surface area contributed by atoms with E-state index in [0.29, 0.717) is 16.8 Å². The molecule has 4 heterocycles. The number of anilines is 1. The number of likely N-dealkylation sites (tertiary alicyclic amines) is 1. The summed E-state index contributed by atoms with van der Waals surface area (Å²) in [6, 6.07) is 5.78. The molecule has 27 heavy (non-hydrogen) atoms. The van der Waals surface area contributed by atoms with Gasteiger partial charge in [-0.25, -0.2) is 15.0 Å². The summed E-state index contributed by atoms with van der Waals surface area (Å²) < 4.78 is 5.38.